The molecule has 0 aromatic heterocycles. The van der Waals surface area contributed by atoms with E-state index in [0.29, 0.717) is 44.9 Å². The summed E-state index contributed by atoms with van der Waals surface area (Å²) in [5.41, 5.74) is 11.6. The molecule has 0 fully saturated rings. The summed E-state index contributed by atoms with van der Waals surface area (Å²) in [5, 5.41) is 90.7. The average molecular weight is 1160 g/mol. The van der Waals surface area contributed by atoms with E-state index in [4.69, 9.17) is 28.9 Å². The van der Waals surface area contributed by atoms with Crippen LogP contribution in [0.2, 0.25) is 10.0 Å². The highest BCUT2D eigenvalue weighted by molar-refractivity contribution is 8.00. The maximum absolute atomic E-state index is 11.1. The number of benzene rings is 9. The van der Waals surface area contributed by atoms with Gasteiger partial charge in [0, 0.05) is 107 Å². The van der Waals surface area contributed by atoms with Gasteiger partial charge >= 0.3 is 0 Å². The molecule has 0 aliphatic rings. The van der Waals surface area contributed by atoms with E-state index in [1.807, 2.05) is 85.8 Å². The fourth-order valence-electron chi connectivity index (χ4n) is 7.24. The Morgan fingerprint density at radius 2 is 0.747 bits per heavy atom. The molecule has 0 radical (unpaired) electrons. The molecule has 9 aromatic carbocycles. The third kappa shape index (κ3) is 17.5. The van der Waals surface area contributed by atoms with Gasteiger partial charge in [0.15, 0.2) is 0 Å². The number of rotatable bonds is 17. The fourth-order valence-corrected chi connectivity index (χ4v) is 10.3. The number of aromatic hydroxyl groups is 6. The Bertz CT molecular complexity index is 3420. The molecule has 11 N–H and O–H groups in total. The second kappa shape index (κ2) is 27.6. The van der Waals surface area contributed by atoms with Gasteiger partial charge in [0.25, 0.3) is 11.4 Å². The number of non-ortho nitro benzene ring substituents is 2. The zero-order valence-electron chi connectivity index (χ0n) is 41.7. The molecular weight excluding hydrogens is 1110 g/mol. The molecule has 0 spiro atoms. The number of nitrogens with one attached hydrogen (secondary N) is 3. The van der Waals surface area contributed by atoms with E-state index in [-0.39, 0.29) is 59.0 Å². The second-order valence-corrected chi connectivity index (χ2v) is 21.4. The first-order chi connectivity index (χ1) is 37.8. The second-order valence-electron chi connectivity index (χ2n) is 17.2. The quantitative estimate of drug-likeness (QED) is 0.0133. The van der Waals surface area contributed by atoms with Crippen molar-refractivity contribution in [2.45, 2.75) is 55.9 Å². The van der Waals surface area contributed by atoms with Crippen molar-refractivity contribution in [3.63, 3.8) is 0 Å². The number of nitrogens with two attached hydrogens (primary N) is 1. The molecule has 21 heteroatoms. The lowest BCUT2D eigenvalue weighted by Crippen LogP contribution is -2.02. The Balaban J connectivity index is 0.000000172. The van der Waals surface area contributed by atoms with Crippen LogP contribution in [-0.2, 0) is 19.6 Å². The van der Waals surface area contributed by atoms with E-state index in [0.717, 1.165) is 46.1 Å². The van der Waals surface area contributed by atoms with Crippen LogP contribution in [0, 0.1) is 27.2 Å². The molecule has 0 aliphatic heterocycles. The smallest absolute Gasteiger partial charge is 0.269 e. The van der Waals surface area contributed by atoms with Crippen LogP contribution in [0.15, 0.2) is 211 Å². The molecule has 0 amide bonds. The summed E-state index contributed by atoms with van der Waals surface area (Å²) < 4.78 is 0. The first kappa shape index (κ1) is 58.1. The average Bonchev–Trinajstić information content (AvgIpc) is 3.43. The lowest BCUT2D eigenvalue weighted by molar-refractivity contribution is -0.385. The van der Waals surface area contributed by atoms with E-state index in [1.165, 1.54) is 90.3 Å². The van der Waals surface area contributed by atoms with Gasteiger partial charge in [-0.2, -0.15) is 0 Å². The van der Waals surface area contributed by atoms with Gasteiger partial charge in [-0.05, 0) is 151 Å². The minimum absolute atomic E-state index is 0.00388. The van der Waals surface area contributed by atoms with Crippen molar-refractivity contribution in [3.05, 3.63) is 235 Å². The van der Waals surface area contributed by atoms with Crippen LogP contribution in [0.3, 0.4) is 0 Å². The first-order valence-electron chi connectivity index (χ1n) is 23.7. The van der Waals surface area contributed by atoms with Crippen LogP contribution >= 0.6 is 58.5 Å². The van der Waals surface area contributed by atoms with Crippen molar-refractivity contribution >= 4 is 92.6 Å². The van der Waals surface area contributed by atoms with E-state index in [9.17, 15) is 50.9 Å². The molecule has 0 saturated heterocycles. The van der Waals surface area contributed by atoms with E-state index >= 15 is 0 Å². The number of phenols is 6. The third-order valence-corrected chi connectivity index (χ3v) is 15.2. The number of hydrogen-bond donors (Lipinski definition) is 10. The van der Waals surface area contributed by atoms with Crippen molar-refractivity contribution < 1.29 is 40.5 Å². The number of hydrogen-bond acceptors (Lipinski definition) is 17. The molecule has 0 bridgehead atoms. The summed E-state index contributed by atoms with van der Waals surface area (Å²) in [6.45, 7) is 3.04. The van der Waals surface area contributed by atoms with Crippen molar-refractivity contribution in [3.8, 4) is 34.5 Å². The molecule has 9 rings (SSSR count). The van der Waals surface area contributed by atoms with Crippen molar-refractivity contribution in [1.29, 1.82) is 0 Å². The van der Waals surface area contributed by atoms with Gasteiger partial charge < -0.3 is 52.3 Å². The first-order valence-corrected chi connectivity index (χ1v) is 26.9. The fraction of sp³-hybridized carbons (Fsp3) is 0.0690. The number of halogens is 2. The van der Waals surface area contributed by atoms with Crippen molar-refractivity contribution in [2.24, 2.45) is 0 Å². The van der Waals surface area contributed by atoms with Crippen LogP contribution in [0.25, 0.3) is 0 Å². The maximum Gasteiger partial charge on any atom is 0.269 e. The minimum Gasteiger partial charge on any atom is -0.508 e. The zero-order valence-corrected chi connectivity index (χ0v) is 45.7. The lowest BCUT2D eigenvalue weighted by atomic mass is 10.2. The van der Waals surface area contributed by atoms with Gasteiger partial charge in [-0.1, -0.05) is 76.2 Å². The van der Waals surface area contributed by atoms with Gasteiger partial charge in [-0.3, -0.25) is 20.2 Å². The number of anilines is 4. The summed E-state index contributed by atoms with van der Waals surface area (Å²) >= 11 is 16.4. The van der Waals surface area contributed by atoms with E-state index in [2.05, 4.69) is 16.0 Å². The van der Waals surface area contributed by atoms with Crippen molar-refractivity contribution in [2.75, 3.05) is 21.7 Å². The number of aryl methyl sites for hydroxylation is 1. The SMILES string of the molecule is Cc1ccc(Sc2ccc([N+](=O)[O-])cc2CNc2ccc(O)cc2O)cc1.Nc1ccc(Sc2ccc(Cl)cc2)c(CNc2ccc(O)cc2O)c1.O=[N+]([O-])c1ccc(Sc2ccc(Cl)cc2)c(CNc2ccc(O)cc2O)c1. The number of nitrogens with zero attached hydrogens (tertiary/aromatic N) is 2. The molecule has 0 unspecified atom stereocenters. The molecular formula is C58H50Cl2N6O10S3. The number of nitro benzene ring substituents is 2. The molecule has 0 heterocycles. The largest absolute Gasteiger partial charge is 0.508 e. The van der Waals surface area contributed by atoms with Crippen LogP contribution in [0.1, 0.15) is 22.3 Å². The lowest BCUT2D eigenvalue weighted by Gasteiger charge is -2.13. The number of nitro groups is 2. The Kier molecular flexibility index (Phi) is 20.3. The topological polar surface area (TPSA) is 270 Å². The predicted molar refractivity (Wildman–Crippen MR) is 315 cm³/mol. The van der Waals surface area contributed by atoms with Gasteiger partial charge in [-0.15, -0.1) is 0 Å². The Morgan fingerprint density at radius 3 is 1.08 bits per heavy atom. The maximum atomic E-state index is 11.1. The van der Waals surface area contributed by atoms with Gasteiger partial charge in [0.1, 0.15) is 34.5 Å². The van der Waals surface area contributed by atoms with Gasteiger partial charge in [0.2, 0.25) is 0 Å². The summed E-state index contributed by atoms with van der Waals surface area (Å²) in [4.78, 5) is 27.2. The summed E-state index contributed by atoms with van der Waals surface area (Å²) in [6, 6.07) is 51.0. The van der Waals surface area contributed by atoms with Crippen LogP contribution in [0.5, 0.6) is 34.5 Å². The van der Waals surface area contributed by atoms with Crippen molar-refractivity contribution in [1.82, 2.24) is 0 Å². The minimum atomic E-state index is -0.446. The third-order valence-electron chi connectivity index (χ3n) is 11.3. The van der Waals surface area contributed by atoms with Crippen LogP contribution in [-0.4, -0.2) is 40.5 Å². The molecule has 79 heavy (non-hydrogen) atoms. The van der Waals surface area contributed by atoms with Crippen LogP contribution in [0.4, 0.5) is 34.1 Å². The van der Waals surface area contributed by atoms with E-state index in [1.54, 1.807) is 48.2 Å². The number of phenolic OH excluding ortho intramolecular Hbond substituents is 6. The highest BCUT2D eigenvalue weighted by Gasteiger charge is 2.16. The zero-order chi connectivity index (χ0) is 56.6. The molecule has 0 atom stereocenters. The van der Waals surface area contributed by atoms with Gasteiger partial charge in [0.05, 0.1) is 26.9 Å². The highest BCUT2D eigenvalue weighted by atomic mass is 35.5. The monoisotopic (exact) mass is 1160 g/mol. The Hall–Kier alpha value is -8.59. The Labute approximate surface area is 476 Å². The molecule has 9 aromatic rings. The molecule has 0 saturated carbocycles. The standard InChI is InChI=1S/C20H18N2O4S.C19H15ClN2O4S.C19H17ClN2O2S/c1-13-2-6-17(7-3-13)27-20-9-4-15(22(25)26)10-14(20)12-21-18-8-5-16(23)11-19(18)24;20-13-1-5-16(6-2-13)27-19-8-3-14(22(25)26)9-12(19)11-21-17-7-4-15(23)10-18(17)24;20-13-1-5-16(6-2-13)25-19-8-3-14(21)9-12(19)11-22-17-7-4-15(23)10-18(17)24/h2-11,21,23-24H,12H2,1H3;1-10,21,23-24H,11H2;1-10,22-24H,11,21H2. The summed E-state index contributed by atoms with van der Waals surface area (Å²) in [7, 11) is 0. The number of nitrogen functional groups attached to an aromatic ring is 1. The normalized spacial score (nSPS) is 10.6. The van der Waals surface area contributed by atoms with Gasteiger partial charge in [-0.25, -0.2) is 0 Å². The predicted octanol–water partition coefficient (Wildman–Crippen LogP) is 15.6. The van der Waals surface area contributed by atoms with Crippen LogP contribution < -0.4 is 21.7 Å². The molecule has 404 valence electrons. The van der Waals surface area contributed by atoms with E-state index < -0.39 is 9.85 Å². The molecule has 16 nitrogen and oxygen atoms in total. The molecule has 0 aliphatic carbocycles. The highest BCUT2D eigenvalue weighted by Crippen LogP contribution is 2.38. The Morgan fingerprint density at radius 1 is 0.430 bits per heavy atom. The summed E-state index contributed by atoms with van der Waals surface area (Å²) in [6.07, 6.45) is 0. The summed E-state index contributed by atoms with van der Waals surface area (Å²) in [5.74, 6) is -0.265.